The van der Waals surface area contributed by atoms with Gasteiger partial charge in [0.25, 0.3) is 5.91 Å². The van der Waals surface area contributed by atoms with Crippen LogP contribution in [0, 0.1) is 12.8 Å². The number of carbonyl (C=O) groups is 2. The number of aryl methyl sites for hydroxylation is 2. The summed E-state index contributed by atoms with van der Waals surface area (Å²) in [5, 5.41) is 13.7. The first-order chi connectivity index (χ1) is 10.9. The fourth-order valence-electron chi connectivity index (χ4n) is 2.07. The Bertz CT molecular complexity index is 701. The van der Waals surface area contributed by atoms with Crippen molar-refractivity contribution in [3.05, 3.63) is 29.8 Å². The lowest BCUT2D eigenvalue weighted by molar-refractivity contribution is -0.116. The first kappa shape index (κ1) is 16.7. The summed E-state index contributed by atoms with van der Waals surface area (Å²) in [7, 11) is 1.66. The molecule has 0 fully saturated rings. The summed E-state index contributed by atoms with van der Waals surface area (Å²) in [4.78, 5) is 24.4. The predicted octanol–water partition coefficient (Wildman–Crippen LogP) is 0.950. The van der Waals surface area contributed by atoms with Crippen LogP contribution in [0.1, 0.15) is 30.0 Å². The molecule has 2 aromatic heterocycles. The van der Waals surface area contributed by atoms with Crippen molar-refractivity contribution in [2.75, 3.05) is 11.9 Å². The van der Waals surface area contributed by atoms with Gasteiger partial charge in [-0.25, -0.2) is 0 Å². The molecular formula is C15H22N6O2. The van der Waals surface area contributed by atoms with E-state index in [-0.39, 0.29) is 18.4 Å². The molecule has 23 heavy (non-hydrogen) atoms. The molecule has 0 radical (unpaired) electrons. The SMILES string of the molecule is Cc1ccn(CC(=O)Nc2cnn(C)c2C(=O)NCC(C)C)n1. The Morgan fingerprint density at radius 3 is 2.70 bits per heavy atom. The Labute approximate surface area is 134 Å². The molecule has 8 heteroatoms. The zero-order valence-electron chi connectivity index (χ0n) is 13.8. The van der Waals surface area contributed by atoms with Crippen LogP contribution in [0.15, 0.2) is 18.5 Å². The maximum absolute atomic E-state index is 12.3. The van der Waals surface area contributed by atoms with Crippen LogP contribution in [0.5, 0.6) is 0 Å². The van der Waals surface area contributed by atoms with E-state index in [1.54, 1.807) is 17.9 Å². The van der Waals surface area contributed by atoms with Crippen molar-refractivity contribution < 1.29 is 9.59 Å². The first-order valence-corrected chi connectivity index (χ1v) is 7.47. The second kappa shape index (κ2) is 7.08. The maximum Gasteiger partial charge on any atom is 0.271 e. The van der Waals surface area contributed by atoms with Gasteiger partial charge in [0, 0.05) is 19.8 Å². The Morgan fingerprint density at radius 2 is 2.09 bits per heavy atom. The van der Waals surface area contributed by atoms with Crippen LogP contribution in [-0.4, -0.2) is 37.9 Å². The number of hydrogen-bond donors (Lipinski definition) is 2. The van der Waals surface area contributed by atoms with Crippen LogP contribution in [0.4, 0.5) is 5.69 Å². The second-order valence-corrected chi connectivity index (χ2v) is 5.84. The molecule has 0 aliphatic heterocycles. The van der Waals surface area contributed by atoms with Crippen molar-refractivity contribution in [2.45, 2.75) is 27.3 Å². The van der Waals surface area contributed by atoms with Gasteiger partial charge in [0.1, 0.15) is 12.2 Å². The normalized spacial score (nSPS) is 10.8. The molecule has 8 nitrogen and oxygen atoms in total. The topological polar surface area (TPSA) is 93.8 Å². The van der Waals surface area contributed by atoms with Crippen LogP contribution in [0.2, 0.25) is 0 Å². The van der Waals surface area contributed by atoms with E-state index in [1.807, 2.05) is 26.8 Å². The fourth-order valence-corrected chi connectivity index (χ4v) is 2.07. The molecule has 0 saturated heterocycles. The number of aromatic nitrogens is 4. The Balaban J connectivity index is 2.05. The number of nitrogens with one attached hydrogen (secondary N) is 2. The van der Waals surface area contributed by atoms with E-state index in [2.05, 4.69) is 20.8 Å². The molecule has 0 atom stereocenters. The highest BCUT2D eigenvalue weighted by molar-refractivity contribution is 6.02. The van der Waals surface area contributed by atoms with Crippen molar-refractivity contribution in [1.82, 2.24) is 24.9 Å². The van der Waals surface area contributed by atoms with E-state index >= 15 is 0 Å². The summed E-state index contributed by atoms with van der Waals surface area (Å²) in [6.07, 6.45) is 3.20. The second-order valence-electron chi connectivity index (χ2n) is 5.84. The van der Waals surface area contributed by atoms with Gasteiger partial charge in [-0.1, -0.05) is 13.8 Å². The third-order valence-electron chi connectivity index (χ3n) is 3.18. The van der Waals surface area contributed by atoms with Crippen LogP contribution < -0.4 is 10.6 Å². The van der Waals surface area contributed by atoms with Crippen molar-refractivity contribution in [3.8, 4) is 0 Å². The van der Waals surface area contributed by atoms with Gasteiger partial charge in [0.2, 0.25) is 5.91 Å². The van der Waals surface area contributed by atoms with Crippen molar-refractivity contribution in [1.29, 1.82) is 0 Å². The largest absolute Gasteiger partial charge is 0.350 e. The highest BCUT2D eigenvalue weighted by atomic mass is 16.2. The Kier molecular flexibility index (Phi) is 5.15. The van der Waals surface area contributed by atoms with Gasteiger partial charge in [-0.3, -0.25) is 19.0 Å². The van der Waals surface area contributed by atoms with Gasteiger partial charge in [-0.05, 0) is 18.9 Å². The lowest BCUT2D eigenvalue weighted by Gasteiger charge is -2.10. The fraction of sp³-hybridized carbons (Fsp3) is 0.467. The van der Waals surface area contributed by atoms with Gasteiger partial charge in [-0.15, -0.1) is 0 Å². The van der Waals surface area contributed by atoms with E-state index in [0.717, 1.165) is 5.69 Å². The number of carbonyl (C=O) groups excluding carboxylic acids is 2. The highest BCUT2D eigenvalue weighted by Crippen LogP contribution is 2.14. The lowest BCUT2D eigenvalue weighted by Crippen LogP contribution is -2.30. The van der Waals surface area contributed by atoms with Crippen LogP contribution in [0.3, 0.4) is 0 Å². The summed E-state index contributed by atoms with van der Waals surface area (Å²) in [6.45, 7) is 6.52. The standard InChI is InChI=1S/C15H22N6O2/c1-10(2)7-16-15(23)14-12(8-17-20(14)4)18-13(22)9-21-6-5-11(3)19-21/h5-6,8,10H,7,9H2,1-4H3,(H,16,23)(H,18,22). The third-order valence-corrected chi connectivity index (χ3v) is 3.18. The summed E-state index contributed by atoms with van der Waals surface area (Å²) < 4.78 is 2.99. The van der Waals surface area contributed by atoms with Crippen molar-refractivity contribution >= 4 is 17.5 Å². The average molecular weight is 318 g/mol. The molecule has 0 aromatic carbocycles. The van der Waals surface area contributed by atoms with E-state index in [9.17, 15) is 9.59 Å². The van der Waals surface area contributed by atoms with Crippen LogP contribution >= 0.6 is 0 Å². The molecule has 0 aliphatic carbocycles. The van der Waals surface area contributed by atoms with E-state index in [0.29, 0.717) is 23.8 Å². The first-order valence-electron chi connectivity index (χ1n) is 7.47. The number of amides is 2. The van der Waals surface area contributed by atoms with Crippen LogP contribution in [0.25, 0.3) is 0 Å². The molecule has 0 spiro atoms. The molecule has 0 saturated carbocycles. The molecule has 2 N–H and O–H groups in total. The zero-order valence-corrected chi connectivity index (χ0v) is 13.8. The third kappa shape index (κ3) is 4.41. The molecular weight excluding hydrogens is 296 g/mol. The van der Waals surface area contributed by atoms with Crippen molar-refractivity contribution in [3.63, 3.8) is 0 Å². The van der Waals surface area contributed by atoms with E-state index < -0.39 is 0 Å². The lowest BCUT2D eigenvalue weighted by atomic mass is 10.2. The van der Waals surface area contributed by atoms with Crippen LogP contribution in [-0.2, 0) is 18.4 Å². The molecule has 2 aromatic rings. The summed E-state index contributed by atoms with van der Waals surface area (Å²) in [6, 6.07) is 1.82. The number of anilines is 1. The summed E-state index contributed by atoms with van der Waals surface area (Å²) in [5.41, 5.74) is 1.56. The Hall–Kier alpha value is -2.64. The van der Waals surface area contributed by atoms with E-state index in [1.165, 1.54) is 10.9 Å². The minimum atomic E-state index is -0.265. The smallest absolute Gasteiger partial charge is 0.271 e. The average Bonchev–Trinajstić information content (AvgIpc) is 3.02. The zero-order chi connectivity index (χ0) is 17.0. The molecule has 0 aliphatic rings. The maximum atomic E-state index is 12.3. The minimum absolute atomic E-state index is 0.0792. The monoisotopic (exact) mass is 318 g/mol. The summed E-state index contributed by atoms with van der Waals surface area (Å²) in [5.74, 6) is -0.184. The highest BCUT2D eigenvalue weighted by Gasteiger charge is 2.18. The predicted molar refractivity (Wildman–Crippen MR) is 86.0 cm³/mol. The molecule has 124 valence electrons. The molecule has 2 rings (SSSR count). The Morgan fingerprint density at radius 1 is 1.35 bits per heavy atom. The molecule has 0 bridgehead atoms. The van der Waals surface area contributed by atoms with Gasteiger partial charge in [-0.2, -0.15) is 10.2 Å². The van der Waals surface area contributed by atoms with Gasteiger partial charge in [0.05, 0.1) is 17.6 Å². The molecule has 2 heterocycles. The molecule has 0 unspecified atom stereocenters. The van der Waals surface area contributed by atoms with Gasteiger partial charge < -0.3 is 10.6 Å². The number of nitrogens with zero attached hydrogens (tertiary/aromatic N) is 4. The number of rotatable bonds is 6. The van der Waals surface area contributed by atoms with Gasteiger partial charge in [0.15, 0.2) is 0 Å². The quantitative estimate of drug-likeness (QED) is 0.829. The van der Waals surface area contributed by atoms with E-state index in [4.69, 9.17) is 0 Å². The van der Waals surface area contributed by atoms with Crippen molar-refractivity contribution in [2.24, 2.45) is 13.0 Å². The molecule has 2 amide bonds. The minimum Gasteiger partial charge on any atom is -0.350 e. The number of hydrogen-bond acceptors (Lipinski definition) is 4. The summed E-state index contributed by atoms with van der Waals surface area (Å²) >= 11 is 0. The van der Waals surface area contributed by atoms with Gasteiger partial charge >= 0.3 is 0 Å².